The molecule has 2 aromatic heterocycles. The second-order valence-corrected chi connectivity index (χ2v) is 13.4. The Balaban J connectivity index is 1.21. The van der Waals surface area contributed by atoms with Crippen molar-refractivity contribution in [1.29, 1.82) is 0 Å². The van der Waals surface area contributed by atoms with E-state index < -0.39 is 5.82 Å². The lowest BCUT2D eigenvalue weighted by Gasteiger charge is -2.09. The minimum atomic E-state index is -0.404. The number of Topliss-reactive ketones (excluding diaryl/α,β-unsaturated/α-hetero) is 2. The molecule has 5 nitrogen and oxygen atoms in total. The number of thiazole rings is 1. The molecule has 0 fully saturated rings. The van der Waals surface area contributed by atoms with Crippen molar-refractivity contribution >= 4 is 72.5 Å². The van der Waals surface area contributed by atoms with Gasteiger partial charge in [0, 0.05) is 50.9 Å². The Kier molecular flexibility index (Phi) is 8.07. The smallest absolute Gasteiger partial charge is 0.193 e. The Bertz CT molecular complexity index is 2250. The molecule has 226 valence electrons. The van der Waals surface area contributed by atoms with Crippen molar-refractivity contribution in [3.8, 4) is 5.69 Å². The Hall–Kier alpha value is -4.92. The van der Waals surface area contributed by atoms with Crippen LogP contribution >= 0.6 is 23.1 Å². The van der Waals surface area contributed by atoms with Gasteiger partial charge < -0.3 is 4.57 Å². The van der Waals surface area contributed by atoms with E-state index in [1.54, 1.807) is 41.3 Å². The van der Waals surface area contributed by atoms with Crippen LogP contribution in [0.3, 0.4) is 0 Å². The molecule has 0 aliphatic heterocycles. The zero-order valence-corrected chi connectivity index (χ0v) is 26.5. The van der Waals surface area contributed by atoms with Crippen molar-refractivity contribution in [2.24, 2.45) is 0 Å². The van der Waals surface area contributed by atoms with Crippen LogP contribution < -0.4 is 0 Å². The normalized spacial score (nSPS) is 11.4. The van der Waals surface area contributed by atoms with Gasteiger partial charge in [-0.15, -0.1) is 11.3 Å². The van der Waals surface area contributed by atoms with Crippen molar-refractivity contribution < 1.29 is 18.8 Å². The number of hydrogen-bond donors (Lipinski definition) is 0. The second kappa shape index (κ2) is 12.5. The maximum absolute atomic E-state index is 13.5. The lowest BCUT2D eigenvalue weighted by molar-refractivity contribution is 0.0979. The maximum Gasteiger partial charge on any atom is 0.193 e. The Morgan fingerprint density at radius 3 is 2.09 bits per heavy atom. The molecule has 0 amide bonds. The van der Waals surface area contributed by atoms with Crippen LogP contribution in [0.5, 0.6) is 0 Å². The van der Waals surface area contributed by atoms with E-state index in [1.165, 1.54) is 31.2 Å². The number of ketones is 3. The highest BCUT2D eigenvalue weighted by Gasteiger charge is 2.18. The zero-order valence-electron chi connectivity index (χ0n) is 24.8. The van der Waals surface area contributed by atoms with Gasteiger partial charge in [-0.25, -0.2) is 9.37 Å². The van der Waals surface area contributed by atoms with Crippen LogP contribution in [0.1, 0.15) is 56.4 Å². The lowest BCUT2D eigenvalue weighted by Crippen LogP contribution is -2.01. The van der Waals surface area contributed by atoms with Crippen LogP contribution in [0, 0.1) is 5.82 Å². The number of nitrogens with zero attached hydrogens (tertiary/aromatic N) is 2. The quantitative estimate of drug-likeness (QED) is 0.0844. The fraction of sp³-hybridized carbons (Fsp3) is 0.105. The van der Waals surface area contributed by atoms with Gasteiger partial charge in [0.25, 0.3) is 0 Å². The van der Waals surface area contributed by atoms with Gasteiger partial charge in [0.05, 0.1) is 21.3 Å². The number of carbonyl (C=O) groups excluding carboxylic acids is 3. The third kappa shape index (κ3) is 5.77. The molecule has 2 heterocycles. The molecule has 5 aromatic carbocycles. The molecule has 0 atom stereocenters. The molecule has 0 N–H and O–H groups in total. The topological polar surface area (TPSA) is 69.0 Å². The van der Waals surface area contributed by atoms with Crippen molar-refractivity contribution in [1.82, 2.24) is 9.55 Å². The fourth-order valence-electron chi connectivity index (χ4n) is 5.68. The maximum atomic E-state index is 13.5. The van der Waals surface area contributed by atoms with Crippen LogP contribution in [-0.2, 0) is 0 Å². The highest BCUT2D eigenvalue weighted by atomic mass is 32.2. The van der Waals surface area contributed by atoms with Gasteiger partial charge in [0.2, 0.25) is 0 Å². The molecule has 0 aliphatic carbocycles. The van der Waals surface area contributed by atoms with E-state index in [9.17, 15) is 18.8 Å². The summed E-state index contributed by atoms with van der Waals surface area (Å²) in [7, 11) is 0. The SMILES string of the molecule is CC(=O)c1ccc(-n2c3ccc(C(=O)CCCSc4nc5ccccc5s4)cc3c3cc(C(=O)c4ccc(F)cc4)ccc32)cc1. The van der Waals surface area contributed by atoms with Gasteiger partial charge in [0.1, 0.15) is 5.82 Å². The number of halogens is 1. The molecule has 0 saturated heterocycles. The number of benzene rings is 5. The summed E-state index contributed by atoms with van der Waals surface area (Å²) in [6, 6.07) is 32.2. The summed E-state index contributed by atoms with van der Waals surface area (Å²) in [5.74, 6) is 0.208. The van der Waals surface area contributed by atoms with Crippen LogP contribution in [0.4, 0.5) is 4.39 Å². The van der Waals surface area contributed by atoms with E-state index in [0.29, 0.717) is 28.7 Å². The van der Waals surface area contributed by atoms with E-state index in [4.69, 9.17) is 0 Å². The average Bonchev–Trinajstić information content (AvgIpc) is 3.64. The summed E-state index contributed by atoms with van der Waals surface area (Å²) in [4.78, 5) is 43.4. The Labute approximate surface area is 272 Å². The predicted octanol–water partition coefficient (Wildman–Crippen LogP) is 9.72. The number of thioether (sulfide) groups is 1. The van der Waals surface area contributed by atoms with E-state index >= 15 is 0 Å². The Morgan fingerprint density at radius 2 is 1.39 bits per heavy atom. The first-order valence-corrected chi connectivity index (χ1v) is 16.7. The van der Waals surface area contributed by atoms with Gasteiger partial charge in [-0.2, -0.15) is 0 Å². The highest BCUT2D eigenvalue weighted by molar-refractivity contribution is 8.01. The van der Waals surface area contributed by atoms with Crippen molar-refractivity contribution in [3.05, 3.63) is 137 Å². The molecule has 0 saturated carbocycles. The molecule has 46 heavy (non-hydrogen) atoms. The number of carbonyl (C=O) groups is 3. The third-order valence-corrected chi connectivity index (χ3v) is 10.3. The first kappa shape index (κ1) is 29.8. The minimum absolute atomic E-state index is 0.0145. The molecule has 0 bridgehead atoms. The molecular formula is C38H27FN2O3S2. The van der Waals surface area contributed by atoms with Crippen LogP contribution in [0.15, 0.2) is 114 Å². The molecule has 0 spiro atoms. The summed E-state index contributed by atoms with van der Waals surface area (Å²) in [6.45, 7) is 1.54. The monoisotopic (exact) mass is 642 g/mol. The summed E-state index contributed by atoms with van der Waals surface area (Å²) in [6.07, 6.45) is 1.13. The van der Waals surface area contributed by atoms with Gasteiger partial charge in [-0.3, -0.25) is 14.4 Å². The number of hydrogen-bond acceptors (Lipinski definition) is 6. The van der Waals surface area contributed by atoms with Gasteiger partial charge in [0.15, 0.2) is 21.7 Å². The predicted molar refractivity (Wildman–Crippen MR) is 185 cm³/mol. The van der Waals surface area contributed by atoms with E-state index in [-0.39, 0.29) is 17.3 Å². The van der Waals surface area contributed by atoms with Crippen molar-refractivity contribution in [2.45, 2.75) is 24.1 Å². The van der Waals surface area contributed by atoms with Gasteiger partial charge in [-0.05, 0) is 110 Å². The van der Waals surface area contributed by atoms with E-state index in [1.807, 2.05) is 60.7 Å². The number of fused-ring (bicyclic) bond motifs is 4. The first-order valence-electron chi connectivity index (χ1n) is 14.9. The molecule has 0 unspecified atom stereocenters. The largest absolute Gasteiger partial charge is 0.309 e. The van der Waals surface area contributed by atoms with Crippen molar-refractivity contribution in [2.75, 3.05) is 5.75 Å². The first-order chi connectivity index (χ1) is 22.4. The standard InChI is InChI=1S/C38H27FN2O3S2/c1-23(42)24-10-16-29(17-11-24)41-33-18-12-26(35(43)6-4-20-45-38-40-32-5-2-3-7-36(32)46-38)21-30(33)31-22-27(13-19-34(31)41)37(44)25-8-14-28(39)15-9-25/h2-3,5,7-19,21-22H,4,6,20H2,1H3. The van der Waals surface area contributed by atoms with Crippen LogP contribution in [-0.4, -0.2) is 32.7 Å². The molecule has 7 aromatic rings. The molecule has 0 radical (unpaired) electrons. The third-order valence-electron chi connectivity index (χ3n) is 8.04. The van der Waals surface area contributed by atoms with E-state index in [0.717, 1.165) is 54.2 Å². The summed E-state index contributed by atoms with van der Waals surface area (Å²) >= 11 is 3.34. The zero-order chi connectivity index (χ0) is 31.8. The average molecular weight is 643 g/mol. The summed E-state index contributed by atoms with van der Waals surface area (Å²) in [5.41, 5.74) is 5.67. The van der Waals surface area contributed by atoms with Gasteiger partial charge in [-0.1, -0.05) is 23.9 Å². The number of rotatable bonds is 10. The molecular weight excluding hydrogens is 616 g/mol. The highest BCUT2D eigenvalue weighted by Crippen LogP contribution is 2.35. The van der Waals surface area contributed by atoms with Crippen LogP contribution in [0.25, 0.3) is 37.7 Å². The molecule has 8 heteroatoms. The van der Waals surface area contributed by atoms with Crippen molar-refractivity contribution in [3.63, 3.8) is 0 Å². The lowest BCUT2D eigenvalue weighted by atomic mass is 10.00. The Morgan fingerprint density at radius 1 is 0.761 bits per heavy atom. The number of para-hydroxylation sites is 1. The fourth-order valence-corrected chi connectivity index (χ4v) is 7.76. The van der Waals surface area contributed by atoms with Crippen LogP contribution in [0.2, 0.25) is 0 Å². The van der Waals surface area contributed by atoms with E-state index in [2.05, 4.69) is 15.6 Å². The summed E-state index contributed by atoms with van der Waals surface area (Å²) in [5, 5.41) is 1.66. The minimum Gasteiger partial charge on any atom is -0.309 e. The molecule has 7 rings (SSSR count). The number of aromatic nitrogens is 2. The van der Waals surface area contributed by atoms with Gasteiger partial charge >= 0.3 is 0 Å². The molecule has 0 aliphatic rings. The second-order valence-electron chi connectivity index (χ2n) is 11.1. The summed E-state index contributed by atoms with van der Waals surface area (Å²) < 4.78 is 17.8.